The maximum absolute atomic E-state index is 12.8. The van der Waals surface area contributed by atoms with E-state index in [2.05, 4.69) is 15.5 Å². The van der Waals surface area contributed by atoms with Gasteiger partial charge < -0.3 is 5.32 Å². The summed E-state index contributed by atoms with van der Waals surface area (Å²) in [5.41, 5.74) is 1.19. The van der Waals surface area contributed by atoms with Gasteiger partial charge in [0, 0.05) is 37.2 Å². The largest absolute Gasteiger partial charge is 0.309 e. The van der Waals surface area contributed by atoms with Gasteiger partial charge in [0.15, 0.2) is 0 Å². The molecule has 0 saturated carbocycles. The minimum absolute atomic E-state index is 0.286. The van der Waals surface area contributed by atoms with Gasteiger partial charge in [-0.1, -0.05) is 13.8 Å². The molecule has 0 atom stereocenters. The van der Waals surface area contributed by atoms with Gasteiger partial charge >= 0.3 is 0 Å². The van der Waals surface area contributed by atoms with E-state index in [0.29, 0.717) is 35.9 Å². The predicted molar refractivity (Wildman–Crippen MR) is 81.4 cm³/mol. The van der Waals surface area contributed by atoms with Crippen molar-refractivity contribution in [1.29, 1.82) is 0 Å². The van der Waals surface area contributed by atoms with Crippen LogP contribution in [0.25, 0.3) is 0 Å². The highest BCUT2D eigenvalue weighted by Crippen LogP contribution is 2.24. The van der Waals surface area contributed by atoms with E-state index >= 15 is 0 Å². The number of hydrogen-bond donors (Lipinski definition) is 2. The number of nitrogens with one attached hydrogen (secondary N) is 2. The smallest absolute Gasteiger partial charge is 0.246 e. The Balaban J connectivity index is 2.28. The molecule has 0 radical (unpaired) electrons. The highest BCUT2D eigenvalue weighted by atomic mass is 32.2. The highest BCUT2D eigenvalue weighted by molar-refractivity contribution is 7.99. The van der Waals surface area contributed by atoms with E-state index in [9.17, 15) is 8.42 Å². The first-order valence-corrected chi connectivity index (χ1v) is 9.37. The van der Waals surface area contributed by atoms with Gasteiger partial charge in [0.2, 0.25) is 10.0 Å². The van der Waals surface area contributed by atoms with E-state index < -0.39 is 10.0 Å². The fourth-order valence-electron chi connectivity index (χ4n) is 2.15. The number of sulfonamides is 1. The van der Waals surface area contributed by atoms with E-state index in [1.54, 1.807) is 23.0 Å². The number of aromatic nitrogens is 2. The van der Waals surface area contributed by atoms with E-state index in [1.807, 2.05) is 13.8 Å². The van der Waals surface area contributed by atoms with Crippen LogP contribution in [0.15, 0.2) is 4.90 Å². The van der Waals surface area contributed by atoms with Gasteiger partial charge in [-0.3, -0.25) is 5.10 Å². The lowest BCUT2D eigenvalue weighted by Gasteiger charge is -2.25. The quantitative estimate of drug-likeness (QED) is 0.845. The number of rotatable bonds is 5. The number of H-pyrrole nitrogens is 1. The van der Waals surface area contributed by atoms with Gasteiger partial charge in [-0.25, -0.2) is 8.42 Å². The molecule has 1 aromatic heterocycles. The van der Waals surface area contributed by atoms with Crippen LogP contribution in [0.2, 0.25) is 0 Å². The number of aryl methyl sites for hydroxylation is 1. The average Bonchev–Trinajstić information content (AvgIpc) is 2.79. The second kappa shape index (κ2) is 6.46. The molecule has 1 aliphatic rings. The molecule has 0 aliphatic carbocycles. The van der Waals surface area contributed by atoms with Crippen LogP contribution in [-0.4, -0.2) is 53.6 Å². The minimum atomic E-state index is -3.44. The van der Waals surface area contributed by atoms with Gasteiger partial charge in [0.05, 0.1) is 11.4 Å². The first kappa shape index (κ1) is 15.8. The summed E-state index contributed by atoms with van der Waals surface area (Å²) in [7, 11) is -3.44. The molecule has 1 aromatic rings. The van der Waals surface area contributed by atoms with Crippen LogP contribution in [0.1, 0.15) is 25.2 Å². The Bertz CT molecular complexity index is 548. The summed E-state index contributed by atoms with van der Waals surface area (Å²) in [4.78, 5) is 0.345. The molecular formula is C12H22N4O2S2. The molecule has 0 unspecified atom stereocenters. The maximum Gasteiger partial charge on any atom is 0.246 e. The van der Waals surface area contributed by atoms with Gasteiger partial charge in [-0.05, 0) is 6.92 Å². The molecule has 6 nitrogen and oxygen atoms in total. The Morgan fingerprint density at radius 3 is 2.65 bits per heavy atom. The minimum Gasteiger partial charge on any atom is -0.309 e. The summed E-state index contributed by atoms with van der Waals surface area (Å²) >= 11 is 1.79. The molecule has 20 heavy (non-hydrogen) atoms. The lowest BCUT2D eigenvalue weighted by molar-refractivity contribution is 0.442. The summed E-state index contributed by atoms with van der Waals surface area (Å²) < 4.78 is 27.1. The fourth-order valence-corrected chi connectivity index (χ4v) is 5.05. The first-order valence-electron chi connectivity index (χ1n) is 6.78. The fraction of sp³-hybridized carbons (Fsp3) is 0.750. The normalized spacial score (nSPS) is 17.8. The number of thioether (sulfide) groups is 1. The molecule has 2 N–H and O–H groups in total. The van der Waals surface area contributed by atoms with Crippen LogP contribution in [0.3, 0.4) is 0 Å². The Kier molecular flexibility index (Phi) is 5.11. The van der Waals surface area contributed by atoms with Crippen molar-refractivity contribution in [1.82, 2.24) is 19.8 Å². The van der Waals surface area contributed by atoms with Crippen LogP contribution >= 0.6 is 11.8 Å². The van der Waals surface area contributed by atoms with E-state index in [0.717, 1.165) is 11.5 Å². The van der Waals surface area contributed by atoms with Crippen molar-refractivity contribution in [2.75, 3.05) is 24.6 Å². The van der Waals surface area contributed by atoms with Crippen LogP contribution < -0.4 is 5.32 Å². The Hall–Kier alpha value is -0.570. The summed E-state index contributed by atoms with van der Waals surface area (Å²) in [5, 5.41) is 10.2. The van der Waals surface area contributed by atoms with E-state index in [1.165, 1.54) is 0 Å². The zero-order valence-electron chi connectivity index (χ0n) is 12.1. The molecule has 2 heterocycles. The van der Waals surface area contributed by atoms with Crippen LogP contribution in [0, 0.1) is 6.92 Å². The molecule has 0 amide bonds. The van der Waals surface area contributed by atoms with E-state index in [4.69, 9.17) is 0 Å². The molecule has 2 rings (SSSR count). The van der Waals surface area contributed by atoms with Gasteiger partial charge in [-0.2, -0.15) is 21.2 Å². The molecule has 0 aromatic carbocycles. The van der Waals surface area contributed by atoms with E-state index in [-0.39, 0.29) is 6.04 Å². The van der Waals surface area contributed by atoms with Gasteiger partial charge in [0.1, 0.15) is 4.90 Å². The summed E-state index contributed by atoms with van der Waals surface area (Å²) in [6, 6.07) is 0.286. The predicted octanol–water partition coefficient (Wildman–Crippen LogP) is 0.954. The van der Waals surface area contributed by atoms with Crippen molar-refractivity contribution in [3.63, 3.8) is 0 Å². The van der Waals surface area contributed by atoms with Crippen LogP contribution in [0.4, 0.5) is 0 Å². The Morgan fingerprint density at radius 1 is 1.40 bits per heavy atom. The molecular weight excluding hydrogens is 296 g/mol. The SMILES string of the molecule is Cc1[nH]nc(CNC(C)C)c1S(=O)(=O)N1CCSCC1. The summed E-state index contributed by atoms with van der Waals surface area (Å²) in [5.74, 6) is 1.71. The third-order valence-electron chi connectivity index (χ3n) is 3.21. The van der Waals surface area contributed by atoms with Gasteiger partial charge in [-0.15, -0.1) is 0 Å². The summed E-state index contributed by atoms with van der Waals surface area (Å²) in [6.45, 7) is 7.42. The molecule has 1 fully saturated rings. The molecule has 8 heteroatoms. The first-order chi connectivity index (χ1) is 9.43. The zero-order chi connectivity index (χ0) is 14.8. The van der Waals surface area contributed by atoms with Crippen LogP contribution in [0.5, 0.6) is 0 Å². The molecule has 1 aliphatic heterocycles. The number of hydrogen-bond acceptors (Lipinski definition) is 5. The average molecular weight is 318 g/mol. The summed E-state index contributed by atoms with van der Waals surface area (Å²) in [6.07, 6.45) is 0. The standard InChI is InChI=1S/C12H22N4O2S2/c1-9(2)13-8-11-12(10(3)14-15-11)20(17,18)16-4-6-19-7-5-16/h9,13H,4-8H2,1-3H3,(H,14,15). The molecule has 0 bridgehead atoms. The van der Waals surface area contributed by atoms with Crippen molar-refractivity contribution in [3.8, 4) is 0 Å². The molecule has 0 spiro atoms. The second-order valence-corrected chi connectivity index (χ2v) is 8.28. The van der Waals surface area contributed by atoms with Crippen molar-refractivity contribution >= 4 is 21.8 Å². The lowest BCUT2D eigenvalue weighted by atomic mass is 10.3. The maximum atomic E-state index is 12.8. The monoisotopic (exact) mass is 318 g/mol. The van der Waals surface area contributed by atoms with Crippen molar-refractivity contribution in [3.05, 3.63) is 11.4 Å². The van der Waals surface area contributed by atoms with Crippen molar-refractivity contribution in [2.24, 2.45) is 0 Å². The van der Waals surface area contributed by atoms with Gasteiger partial charge in [0.25, 0.3) is 0 Å². The zero-order valence-corrected chi connectivity index (χ0v) is 13.8. The number of aromatic amines is 1. The van der Waals surface area contributed by atoms with Crippen molar-refractivity contribution in [2.45, 2.75) is 38.3 Å². The second-order valence-electron chi connectivity index (χ2n) is 5.18. The highest BCUT2D eigenvalue weighted by Gasteiger charge is 2.31. The topological polar surface area (TPSA) is 78.1 Å². The molecule has 1 saturated heterocycles. The Labute approximate surface area is 124 Å². The third-order valence-corrected chi connectivity index (χ3v) is 6.25. The third kappa shape index (κ3) is 3.36. The number of nitrogens with zero attached hydrogens (tertiary/aromatic N) is 2. The van der Waals surface area contributed by atoms with Crippen LogP contribution in [-0.2, 0) is 16.6 Å². The van der Waals surface area contributed by atoms with Crippen molar-refractivity contribution < 1.29 is 8.42 Å². The molecule has 114 valence electrons. The Morgan fingerprint density at radius 2 is 2.05 bits per heavy atom. The lowest BCUT2D eigenvalue weighted by Crippen LogP contribution is -2.38.